The van der Waals surface area contributed by atoms with Crippen LogP contribution in [0.5, 0.6) is 0 Å². The SMILES string of the molecule is c1ccc(-c2ccncc2N2CCOCC2)nc1. The molecule has 0 spiro atoms. The largest absolute Gasteiger partial charge is 0.378 e. The van der Waals surface area contributed by atoms with Crippen molar-refractivity contribution in [3.63, 3.8) is 0 Å². The highest BCUT2D eigenvalue weighted by molar-refractivity contribution is 5.75. The van der Waals surface area contributed by atoms with E-state index in [1.807, 2.05) is 42.9 Å². The molecule has 4 nitrogen and oxygen atoms in total. The van der Waals surface area contributed by atoms with E-state index < -0.39 is 0 Å². The highest BCUT2D eigenvalue weighted by Crippen LogP contribution is 2.28. The summed E-state index contributed by atoms with van der Waals surface area (Å²) < 4.78 is 5.39. The number of nitrogens with zero attached hydrogens (tertiary/aromatic N) is 3. The van der Waals surface area contributed by atoms with Gasteiger partial charge in [-0.2, -0.15) is 0 Å². The summed E-state index contributed by atoms with van der Waals surface area (Å²) in [4.78, 5) is 11.0. The van der Waals surface area contributed by atoms with Crippen LogP contribution >= 0.6 is 0 Å². The number of pyridine rings is 2. The third-order valence-electron chi connectivity index (χ3n) is 3.09. The molecule has 0 unspecified atom stereocenters. The molecule has 2 aromatic heterocycles. The van der Waals surface area contributed by atoms with Crippen LogP contribution in [0.15, 0.2) is 42.9 Å². The Morgan fingerprint density at radius 3 is 2.72 bits per heavy atom. The lowest BCUT2D eigenvalue weighted by Gasteiger charge is -2.30. The van der Waals surface area contributed by atoms with Gasteiger partial charge in [-0.3, -0.25) is 9.97 Å². The lowest BCUT2D eigenvalue weighted by molar-refractivity contribution is 0.122. The van der Waals surface area contributed by atoms with E-state index in [0.29, 0.717) is 0 Å². The van der Waals surface area contributed by atoms with Gasteiger partial charge in [0, 0.05) is 31.0 Å². The maximum absolute atomic E-state index is 5.39. The van der Waals surface area contributed by atoms with Gasteiger partial charge in [-0.15, -0.1) is 0 Å². The Balaban J connectivity index is 1.99. The maximum Gasteiger partial charge on any atom is 0.0723 e. The van der Waals surface area contributed by atoms with Gasteiger partial charge in [-0.1, -0.05) is 6.07 Å². The highest BCUT2D eigenvalue weighted by atomic mass is 16.5. The summed E-state index contributed by atoms with van der Waals surface area (Å²) in [5, 5.41) is 0. The average molecular weight is 241 g/mol. The Labute approximate surface area is 106 Å². The molecule has 3 rings (SSSR count). The Kier molecular flexibility index (Phi) is 3.19. The standard InChI is InChI=1S/C14H15N3O/c1-2-5-16-13(3-1)12-4-6-15-11-14(12)17-7-9-18-10-8-17/h1-6,11H,7-10H2. The van der Waals surface area contributed by atoms with Crippen LogP contribution in [-0.2, 0) is 4.74 Å². The molecule has 1 saturated heterocycles. The molecule has 0 amide bonds. The molecular weight excluding hydrogens is 226 g/mol. The first-order valence-corrected chi connectivity index (χ1v) is 6.13. The Hall–Kier alpha value is -1.94. The first-order chi connectivity index (χ1) is 8.95. The summed E-state index contributed by atoms with van der Waals surface area (Å²) in [5.41, 5.74) is 3.26. The van der Waals surface area contributed by atoms with Gasteiger partial charge in [0.05, 0.1) is 30.8 Å². The molecule has 0 aliphatic carbocycles. The summed E-state index contributed by atoms with van der Waals surface area (Å²) in [5.74, 6) is 0. The Bertz CT molecular complexity index is 509. The Morgan fingerprint density at radius 2 is 1.94 bits per heavy atom. The topological polar surface area (TPSA) is 38.2 Å². The summed E-state index contributed by atoms with van der Waals surface area (Å²) in [6.07, 6.45) is 5.54. The van der Waals surface area contributed by atoms with Gasteiger partial charge < -0.3 is 9.64 Å². The monoisotopic (exact) mass is 241 g/mol. The first kappa shape index (κ1) is 11.2. The van der Waals surface area contributed by atoms with Gasteiger partial charge in [0.25, 0.3) is 0 Å². The molecule has 2 aromatic rings. The quantitative estimate of drug-likeness (QED) is 0.806. The molecule has 0 atom stereocenters. The number of hydrogen-bond donors (Lipinski definition) is 0. The first-order valence-electron chi connectivity index (χ1n) is 6.13. The lowest BCUT2D eigenvalue weighted by Crippen LogP contribution is -2.36. The zero-order valence-electron chi connectivity index (χ0n) is 10.1. The normalized spacial score (nSPS) is 15.7. The molecule has 0 bridgehead atoms. The van der Waals surface area contributed by atoms with Crippen LogP contribution in [0, 0.1) is 0 Å². The number of aromatic nitrogens is 2. The van der Waals surface area contributed by atoms with Crippen molar-refractivity contribution in [1.82, 2.24) is 9.97 Å². The third kappa shape index (κ3) is 2.19. The Morgan fingerprint density at radius 1 is 1.06 bits per heavy atom. The van der Waals surface area contributed by atoms with Gasteiger partial charge >= 0.3 is 0 Å². The number of anilines is 1. The molecule has 1 aliphatic rings. The van der Waals surface area contributed by atoms with Crippen molar-refractivity contribution in [2.45, 2.75) is 0 Å². The van der Waals surface area contributed by atoms with E-state index in [1.165, 1.54) is 0 Å². The summed E-state index contributed by atoms with van der Waals surface area (Å²) in [7, 11) is 0. The van der Waals surface area contributed by atoms with Gasteiger partial charge in [0.2, 0.25) is 0 Å². The molecule has 3 heterocycles. The van der Waals surface area contributed by atoms with E-state index in [9.17, 15) is 0 Å². The van der Waals surface area contributed by atoms with Gasteiger partial charge in [0.15, 0.2) is 0 Å². The molecule has 1 aliphatic heterocycles. The summed E-state index contributed by atoms with van der Waals surface area (Å²) in [6.45, 7) is 3.37. The fourth-order valence-electron chi connectivity index (χ4n) is 2.18. The van der Waals surface area contributed by atoms with Crippen LogP contribution < -0.4 is 4.90 Å². The zero-order valence-corrected chi connectivity index (χ0v) is 10.1. The summed E-state index contributed by atoms with van der Waals surface area (Å²) in [6, 6.07) is 7.98. The predicted octanol–water partition coefficient (Wildman–Crippen LogP) is 1.98. The minimum Gasteiger partial charge on any atom is -0.378 e. The van der Waals surface area contributed by atoms with Crippen LogP contribution in [0.1, 0.15) is 0 Å². The second-order valence-corrected chi connectivity index (χ2v) is 4.21. The zero-order chi connectivity index (χ0) is 12.2. The van der Waals surface area contributed by atoms with Crippen LogP contribution in [0.25, 0.3) is 11.3 Å². The third-order valence-corrected chi connectivity index (χ3v) is 3.09. The van der Waals surface area contributed by atoms with Gasteiger partial charge in [-0.25, -0.2) is 0 Å². The van der Waals surface area contributed by atoms with Crippen LogP contribution in [0.4, 0.5) is 5.69 Å². The highest BCUT2D eigenvalue weighted by Gasteiger charge is 2.15. The number of hydrogen-bond acceptors (Lipinski definition) is 4. The van der Waals surface area contributed by atoms with E-state index in [4.69, 9.17) is 4.74 Å². The van der Waals surface area contributed by atoms with Crippen molar-refractivity contribution in [2.24, 2.45) is 0 Å². The molecule has 18 heavy (non-hydrogen) atoms. The van der Waals surface area contributed by atoms with Crippen molar-refractivity contribution >= 4 is 5.69 Å². The van der Waals surface area contributed by atoms with E-state index in [2.05, 4.69) is 14.9 Å². The second kappa shape index (κ2) is 5.14. The average Bonchev–Trinajstić information content (AvgIpc) is 2.49. The van der Waals surface area contributed by atoms with Crippen molar-refractivity contribution in [3.05, 3.63) is 42.9 Å². The number of morpholine rings is 1. The molecule has 4 heteroatoms. The van der Waals surface area contributed by atoms with Crippen LogP contribution in [0.2, 0.25) is 0 Å². The molecule has 0 N–H and O–H groups in total. The maximum atomic E-state index is 5.39. The number of ether oxygens (including phenoxy) is 1. The smallest absolute Gasteiger partial charge is 0.0723 e. The predicted molar refractivity (Wildman–Crippen MR) is 70.5 cm³/mol. The molecule has 1 fully saturated rings. The van der Waals surface area contributed by atoms with Crippen LogP contribution in [-0.4, -0.2) is 36.3 Å². The number of rotatable bonds is 2. The van der Waals surface area contributed by atoms with E-state index >= 15 is 0 Å². The van der Waals surface area contributed by atoms with Crippen molar-refractivity contribution in [1.29, 1.82) is 0 Å². The van der Waals surface area contributed by atoms with Crippen molar-refractivity contribution in [2.75, 3.05) is 31.2 Å². The van der Waals surface area contributed by atoms with E-state index in [1.54, 1.807) is 0 Å². The lowest BCUT2D eigenvalue weighted by atomic mass is 10.1. The van der Waals surface area contributed by atoms with Crippen molar-refractivity contribution < 1.29 is 4.74 Å². The van der Waals surface area contributed by atoms with Gasteiger partial charge in [0.1, 0.15) is 0 Å². The minimum atomic E-state index is 0.774. The summed E-state index contributed by atoms with van der Waals surface area (Å²) >= 11 is 0. The second-order valence-electron chi connectivity index (χ2n) is 4.21. The molecular formula is C14H15N3O. The molecule has 0 aromatic carbocycles. The molecule has 0 radical (unpaired) electrons. The van der Waals surface area contributed by atoms with E-state index in [-0.39, 0.29) is 0 Å². The van der Waals surface area contributed by atoms with Gasteiger partial charge in [-0.05, 0) is 18.2 Å². The molecule has 0 saturated carbocycles. The van der Waals surface area contributed by atoms with Crippen molar-refractivity contribution in [3.8, 4) is 11.3 Å². The minimum absolute atomic E-state index is 0.774. The van der Waals surface area contributed by atoms with Crippen LogP contribution in [0.3, 0.4) is 0 Å². The fourth-order valence-corrected chi connectivity index (χ4v) is 2.18. The molecule has 92 valence electrons. The fraction of sp³-hybridized carbons (Fsp3) is 0.286. The van der Waals surface area contributed by atoms with E-state index in [0.717, 1.165) is 43.2 Å².